The van der Waals surface area contributed by atoms with Gasteiger partial charge in [-0.1, -0.05) is 24.4 Å². The molecular weight excluding hydrogens is 312 g/mol. The number of carbonyl (C=O) groups excluding carboxylic acids is 4. The fraction of sp³-hybridized carbons (Fsp3) is 0.538. The van der Waals surface area contributed by atoms with E-state index in [4.69, 9.17) is 24.4 Å². The van der Waals surface area contributed by atoms with Gasteiger partial charge in [-0.2, -0.15) is 0 Å². The molecular formula is C13H14N2O4S2. The Bertz CT molecular complexity index is 510. The first-order chi connectivity index (χ1) is 9.91. The molecule has 2 heterocycles. The van der Waals surface area contributed by atoms with Crippen molar-refractivity contribution in [3.05, 3.63) is 0 Å². The van der Waals surface area contributed by atoms with Crippen molar-refractivity contribution in [2.45, 2.75) is 32.1 Å². The Hall–Kier alpha value is -1.54. The number of amides is 4. The first kappa shape index (κ1) is 15.8. The maximum atomic E-state index is 11.6. The topological polar surface area (TPSA) is 74.8 Å². The van der Waals surface area contributed by atoms with E-state index in [0.717, 1.165) is 0 Å². The van der Waals surface area contributed by atoms with Crippen molar-refractivity contribution in [2.75, 3.05) is 13.1 Å². The lowest BCUT2D eigenvalue weighted by Gasteiger charge is -2.15. The molecule has 0 radical (unpaired) electrons. The predicted molar refractivity (Wildman–Crippen MR) is 81.7 cm³/mol. The summed E-state index contributed by atoms with van der Waals surface area (Å²) in [6, 6.07) is 0. The molecule has 0 aliphatic carbocycles. The number of unbranched alkanes of at least 4 members (excludes halogenated alkanes) is 2. The van der Waals surface area contributed by atoms with Crippen LogP contribution < -0.4 is 0 Å². The Balaban J connectivity index is 1.69. The number of hydrogen-bond acceptors (Lipinski definition) is 6. The van der Waals surface area contributed by atoms with E-state index in [2.05, 4.69) is 0 Å². The van der Waals surface area contributed by atoms with Crippen LogP contribution in [0.5, 0.6) is 0 Å². The summed E-state index contributed by atoms with van der Waals surface area (Å²) in [5.41, 5.74) is 0. The van der Waals surface area contributed by atoms with Crippen LogP contribution in [0.4, 0.5) is 0 Å². The van der Waals surface area contributed by atoms with Crippen LogP contribution in [-0.2, 0) is 19.2 Å². The smallest absolute Gasteiger partial charge is 0.267 e. The number of likely N-dealkylation sites (tertiary alicyclic amines) is 2. The Labute approximate surface area is 132 Å². The summed E-state index contributed by atoms with van der Waals surface area (Å²) in [7, 11) is 0. The number of carbonyl (C=O) groups is 4. The van der Waals surface area contributed by atoms with Gasteiger partial charge in [0.15, 0.2) is 0 Å². The number of rotatable bonds is 6. The summed E-state index contributed by atoms with van der Waals surface area (Å²) < 4.78 is 0. The van der Waals surface area contributed by atoms with Crippen molar-refractivity contribution in [2.24, 2.45) is 0 Å². The fourth-order valence-electron chi connectivity index (χ4n) is 2.31. The number of hydrogen-bond donors (Lipinski definition) is 0. The van der Waals surface area contributed by atoms with Crippen molar-refractivity contribution >= 4 is 57.8 Å². The zero-order valence-corrected chi connectivity index (χ0v) is 12.9. The molecule has 2 saturated heterocycles. The molecule has 0 atom stereocenters. The lowest BCUT2D eigenvalue weighted by molar-refractivity contribution is -0.138. The van der Waals surface area contributed by atoms with Crippen molar-refractivity contribution in [3.63, 3.8) is 0 Å². The molecule has 0 N–H and O–H groups in total. The maximum absolute atomic E-state index is 11.6. The molecule has 2 rings (SSSR count). The average Bonchev–Trinajstić information content (AvgIpc) is 2.80. The van der Waals surface area contributed by atoms with Crippen LogP contribution in [0.2, 0.25) is 0 Å². The van der Waals surface area contributed by atoms with Gasteiger partial charge in [0.1, 0.15) is 0 Å². The Morgan fingerprint density at radius 3 is 1.38 bits per heavy atom. The molecule has 0 bridgehead atoms. The molecule has 112 valence electrons. The standard InChI is InChI=1S/C13H14N2O4S2/c16-10-6-8(20)12(18)14(10)4-2-1-3-5-15-11(17)7-9(21)13(15)19/h1-7H2. The molecule has 0 unspecified atom stereocenters. The summed E-state index contributed by atoms with van der Waals surface area (Å²) in [5, 5.41) is 0. The van der Waals surface area contributed by atoms with E-state index in [0.29, 0.717) is 32.4 Å². The molecule has 8 heteroatoms. The van der Waals surface area contributed by atoms with Gasteiger partial charge in [-0.25, -0.2) is 0 Å². The van der Waals surface area contributed by atoms with Crippen molar-refractivity contribution in [3.8, 4) is 0 Å². The molecule has 0 aromatic carbocycles. The third-order valence-electron chi connectivity index (χ3n) is 3.46. The molecule has 21 heavy (non-hydrogen) atoms. The molecule has 0 aromatic rings. The summed E-state index contributed by atoms with van der Waals surface area (Å²) >= 11 is 9.60. The maximum Gasteiger partial charge on any atom is 0.267 e. The molecule has 0 aromatic heterocycles. The van der Waals surface area contributed by atoms with Crippen LogP contribution in [0.15, 0.2) is 0 Å². The molecule has 0 spiro atoms. The highest BCUT2D eigenvalue weighted by Gasteiger charge is 2.34. The van der Waals surface area contributed by atoms with Crippen LogP contribution in [-0.4, -0.2) is 56.2 Å². The van der Waals surface area contributed by atoms with Crippen LogP contribution in [0.3, 0.4) is 0 Å². The van der Waals surface area contributed by atoms with E-state index in [1.54, 1.807) is 0 Å². The van der Waals surface area contributed by atoms with Crippen LogP contribution >= 0.6 is 24.4 Å². The first-order valence-electron chi connectivity index (χ1n) is 6.67. The van der Waals surface area contributed by atoms with E-state index >= 15 is 0 Å². The van der Waals surface area contributed by atoms with Crippen LogP contribution in [0, 0.1) is 0 Å². The minimum Gasteiger partial charge on any atom is -0.278 e. The molecule has 2 aliphatic heterocycles. The Morgan fingerprint density at radius 1 is 0.714 bits per heavy atom. The average molecular weight is 326 g/mol. The second-order valence-corrected chi connectivity index (χ2v) is 5.95. The highest BCUT2D eigenvalue weighted by Crippen LogP contribution is 2.14. The first-order valence-corrected chi connectivity index (χ1v) is 7.48. The van der Waals surface area contributed by atoms with E-state index in [1.165, 1.54) is 9.80 Å². The molecule has 6 nitrogen and oxygen atoms in total. The minimum absolute atomic E-state index is 0.0302. The third-order valence-corrected chi connectivity index (χ3v) is 4.09. The van der Waals surface area contributed by atoms with Crippen LogP contribution in [0.1, 0.15) is 32.1 Å². The Morgan fingerprint density at radius 2 is 1.10 bits per heavy atom. The molecule has 2 aliphatic rings. The summed E-state index contributed by atoms with van der Waals surface area (Å²) in [6.45, 7) is 0.663. The lowest BCUT2D eigenvalue weighted by atomic mass is 10.2. The molecule has 2 fully saturated rings. The van der Waals surface area contributed by atoms with Crippen molar-refractivity contribution in [1.29, 1.82) is 0 Å². The van der Waals surface area contributed by atoms with Gasteiger partial charge in [-0.3, -0.25) is 29.0 Å². The normalized spacial score (nSPS) is 19.4. The van der Waals surface area contributed by atoms with E-state index in [-0.39, 0.29) is 46.2 Å². The Kier molecular flexibility index (Phi) is 4.89. The van der Waals surface area contributed by atoms with E-state index in [1.807, 2.05) is 0 Å². The number of nitrogens with zero attached hydrogens (tertiary/aromatic N) is 2. The van der Waals surface area contributed by atoms with Crippen LogP contribution in [0.25, 0.3) is 0 Å². The molecule has 0 saturated carbocycles. The summed E-state index contributed by atoms with van der Waals surface area (Å²) in [6.07, 6.45) is 2.01. The SMILES string of the molecule is O=C1CC(=S)C(=O)N1CCCCCN1C(=O)CC(=S)C1=O. The largest absolute Gasteiger partial charge is 0.278 e. The predicted octanol–water partition coefficient (Wildman–Crippen LogP) is 0.414. The second-order valence-electron chi connectivity index (χ2n) is 4.96. The van der Waals surface area contributed by atoms with Crippen molar-refractivity contribution < 1.29 is 19.2 Å². The number of thiocarbonyl (C=S) groups is 2. The van der Waals surface area contributed by atoms with E-state index in [9.17, 15) is 19.2 Å². The van der Waals surface area contributed by atoms with Gasteiger partial charge in [-0.15, -0.1) is 0 Å². The van der Waals surface area contributed by atoms with Crippen molar-refractivity contribution in [1.82, 2.24) is 9.80 Å². The zero-order chi connectivity index (χ0) is 15.6. The van der Waals surface area contributed by atoms with Gasteiger partial charge in [0.25, 0.3) is 11.8 Å². The minimum atomic E-state index is -0.370. The number of imide groups is 2. The third kappa shape index (κ3) is 3.38. The molecule has 4 amide bonds. The van der Waals surface area contributed by atoms with Gasteiger partial charge < -0.3 is 0 Å². The van der Waals surface area contributed by atoms with Gasteiger partial charge in [0.2, 0.25) is 11.8 Å². The van der Waals surface area contributed by atoms with Gasteiger partial charge in [0, 0.05) is 13.1 Å². The summed E-state index contributed by atoms with van der Waals surface area (Å²) in [4.78, 5) is 48.8. The van der Waals surface area contributed by atoms with E-state index < -0.39 is 0 Å². The highest BCUT2D eigenvalue weighted by molar-refractivity contribution is 7.82. The summed E-state index contributed by atoms with van der Waals surface area (Å²) in [5.74, 6) is -1.24. The van der Waals surface area contributed by atoms with Gasteiger partial charge in [-0.05, 0) is 19.3 Å². The second kappa shape index (κ2) is 6.48. The zero-order valence-electron chi connectivity index (χ0n) is 11.3. The van der Waals surface area contributed by atoms with Gasteiger partial charge in [0.05, 0.1) is 22.6 Å². The monoisotopic (exact) mass is 326 g/mol. The quantitative estimate of drug-likeness (QED) is 0.400. The highest BCUT2D eigenvalue weighted by atomic mass is 32.1. The fourth-order valence-corrected chi connectivity index (χ4v) is 2.78. The lowest BCUT2D eigenvalue weighted by Crippen LogP contribution is -2.32. The van der Waals surface area contributed by atoms with Gasteiger partial charge >= 0.3 is 0 Å².